The second-order valence-corrected chi connectivity index (χ2v) is 7.18. The van der Waals surface area contributed by atoms with Gasteiger partial charge in [-0.3, -0.25) is 4.79 Å². The van der Waals surface area contributed by atoms with Gasteiger partial charge in [-0.1, -0.05) is 38.1 Å². The number of fused-ring (bicyclic) bond motifs is 1. The van der Waals surface area contributed by atoms with E-state index in [1.165, 1.54) is 5.69 Å². The minimum atomic E-state index is -0.157. The van der Waals surface area contributed by atoms with Crippen molar-refractivity contribution in [3.8, 4) is 5.69 Å². The molecule has 0 saturated carbocycles. The van der Waals surface area contributed by atoms with E-state index < -0.39 is 0 Å². The van der Waals surface area contributed by atoms with Crippen molar-refractivity contribution in [1.82, 2.24) is 14.3 Å². The number of aryl methyl sites for hydroxylation is 1. The summed E-state index contributed by atoms with van der Waals surface area (Å²) in [5.74, 6) is 0.810. The second-order valence-electron chi connectivity index (χ2n) is 7.18. The summed E-state index contributed by atoms with van der Waals surface area (Å²) in [5, 5.41) is 8.51. The number of aromatic nitrogens is 3. The number of para-hydroxylation sites is 1. The first-order valence-corrected chi connectivity index (χ1v) is 9.62. The van der Waals surface area contributed by atoms with E-state index in [-0.39, 0.29) is 5.91 Å². The molecule has 0 radical (unpaired) electrons. The number of hydrogen-bond acceptors (Lipinski definition) is 2. The molecule has 0 saturated heterocycles. The first-order valence-electron chi connectivity index (χ1n) is 9.62. The third-order valence-corrected chi connectivity index (χ3v) is 4.96. The molecule has 1 N–H and O–H groups in total. The highest BCUT2D eigenvalue weighted by Crippen LogP contribution is 2.26. The third-order valence-electron chi connectivity index (χ3n) is 4.96. The molecule has 2 aromatic heterocycles. The quantitative estimate of drug-likeness (QED) is 0.522. The Morgan fingerprint density at radius 2 is 1.86 bits per heavy atom. The Labute approximate surface area is 164 Å². The van der Waals surface area contributed by atoms with Gasteiger partial charge in [0, 0.05) is 35.6 Å². The molecule has 0 spiro atoms. The molecule has 2 aromatic carbocycles. The number of carbonyl (C=O) groups excluding carboxylic acids is 1. The highest BCUT2D eigenvalue weighted by atomic mass is 16.1. The van der Waals surface area contributed by atoms with Crippen molar-refractivity contribution in [1.29, 1.82) is 0 Å². The summed E-state index contributed by atoms with van der Waals surface area (Å²) in [6, 6.07) is 19.7. The highest BCUT2D eigenvalue weighted by molar-refractivity contribution is 6.05. The Kier molecular flexibility index (Phi) is 4.74. The number of nitrogens with zero attached hydrogens (tertiary/aromatic N) is 3. The minimum Gasteiger partial charge on any atom is -0.345 e. The van der Waals surface area contributed by atoms with E-state index in [9.17, 15) is 4.79 Å². The molecule has 0 unspecified atom stereocenters. The lowest BCUT2D eigenvalue weighted by atomic mass is 10.1. The first kappa shape index (κ1) is 18.0. The largest absolute Gasteiger partial charge is 0.345 e. The Balaban J connectivity index is 1.60. The Bertz CT molecular complexity index is 1120. The fourth-order valence-corrected chi connectivity index (χ4v) is 3.55. The zero-order valence-corrected chi connectivity index (χ0v) is 16.4. The number of rotatable bonds is 5. The van der Waals surface area contributed by atoms with Crippen LogP contribution in [-0.4, -0.2) is 20.3 Å². The van der Waals surface area contributed by atoms with E-state index in [2.05, 4.69) is 41.8 Å². The van der Waals surface area contributed by atoms with Crippen LogP contribution in [0, 0.1) is 0 Å². The zero-order chi connectivity index (χ0) is 19.7. The molecule has 4 rings (SSSR count). The molecule has 0 aliphatic rings. The standard InChI is InChI=1S/C23H24N4O/c1-4-26-20(16(2)3)14-17-10-11-18(15-21(17)26)23(28)24-22-12-13-27(25-22)19-8-6-5-7-9-19/h5-16H,4H2,1-3H3,(H,24,25,28). The van der Waals surface area contributed by atoms with Crippen LogP contribution in [0.1, 0.15) is 42.7 Å². The van der Waals surface area contributed by atoms with Gasteiger partial charge in [-0.05, 0) is 48.6 Å². The first-order chi connectivity index (χ1) is 13.6. The Morgan fingerprint density at radius 1 is 1.07 bits per heavy atom. The molecule has 0 fully saturated rings. The molecule has 0 aliphatic heterocycles. The van der Waals surface area contributed by atoms with E-state index in [4.69, 9.17) is 0 Å². The maximum absolute atomic E-state index is 12.8. The minimum absolute atomic E-state index is 0.157. The van der Waals surface area contributed by atoms with Crippen LogP contribution < -0.4 is 5.32 Å². The summed E-state index contributed by atoms with van der Waals surface area (Å²) in [4.78, 5) is 12.8. The molecular weight excluding hydrogens is 348 g/mol. The van der Waals surface area contributed by atoms with Gasteiger partial charge < -0.3 is 9.88 Å². The summed E-state index contributed by atoms with van der Waals surface area (Å²) < 4.78 is 4.02. The van der Waals surface area contributed by atoms with Gasteiger partial charge in [0.2, 0.25) is 0 Å². The van der Waals surface area contributed by atoms with Gasteiger partial charge in [0.1, 0.15) is 0 Å². The Morgan fingerprint density at radius 3 is 2.57 bits per heavy atom. The van der Waals surface area contributed by atoms with Gasteiger partial charge in [-0.25, -0.2) is 4.68 Å². The van der Waals surface area contributed by atoms with E-state index in [0.29, 0.717) is 17.3 Å². The van der Waals surface area contributed by atoms with Crippen LogP contribution in [-0.2, 0) is 6.54 Å². The number of carbonyl (C=O) groups is 1. The van der Waals surface area contributed by atoms with Gasteiger partial charge >= 0.3 is 0 Å². The molecule has 28 heavy (non-hydrogen) atoms. The number of benzene rings is 2. The normalized spacial score (nSPS) is 11.3. The Hall–Kier alpha value is -3.34. The van der Waals surface area contributed by atoms with Crippen molar-refractivity contribution < 1.29 is 4.79 Å². The SMILES string of the molecule is CCn1c(C(C)C)cc2ccc(C(=O)Nc3ccn(-c4ccccc4)n3)cc21. The van der Waals surface area contributed by atoms with Crippen molar-refractivity contribution >= 4 is 22.6 Å². The lowest BCUT2D eigenvalue weighted by molar-refractivity contribution is 0.102. The summed E-state index contributed by atoms with van der Waals surface area (Å²) in [5.41, 5.74) is 3.96. The maximum Gasteiger partial charge on any atom is 0.256 e. The second kappa shape index (κ2) is 7.35. The van der Waals surface area contributed by atoms with Crippen LogP contribution in [0.4, 0.5) is 5.82 Å². The zero-order valence-electron chi connectivity index (χ0n) is 16.4. The summed E-state index contributed by atoms with van der Waals surface area (Å²) in [6.07, 6.45) is 1.84. The number of nitrogens with one attached hydrogen (secondary N) is 1. The lowest BCUT2D eigenvalue weighted by Crippen LogP contribution is -2.13. The molecule has 0 bridgehead atoms. The molecule has 1 amide bonds. The summed E-state index contributed by atoms with van der Waals surface area (Å²) in [7, 11) is 0. The topological polar surface area (TPSA) is 51.9 Å². The van der Waals surface area contributed by atoms with Gasteiger partial charge in [0.05, 0.1) is 5.69 Å². The van der Waals surface area contributed by atoms with Crippen LogP contribution in [0.5, 0.6) is 0 Å². The van der Waals surface area contributed by atoms with Crippen LogP contribution in [0.15, 0.2) is 66.9 Å². The highest BCUT2D eigenvalue weighted by Gasteiger charge is 2.14. The number of anilines is 1. The van der Waals surface area contributed by atoms with E-state index >= 15 is 0 Å². The van der Waals surface area contributed by atoms with Crippen LogP contribution in [0.3, 0.4) is 0 Å². The third kappa shape index (κ3) is 3.31. The molecule has 0 aliphatic carbocycles. The molecular formula is C23H24N4O. The molecule has 2 heterocycles. The van der Waals surface area contributed by atoms with Crippen molar-refractivity contribution in [3.05, 3.63) is 78.1 Å². The van der Waals surface area contributed by atoms with Crippen LogP contribution >= 0.6 is 0 Å². The van der Waals surface area contributed by atoms with Crippen molar-refractivity contribution in [2.45, 2.75) is 33.2 Å². The van der Waals surface area contributed by atoms with Gasteiger partial charge in [-0.15, -0.1) is 0 Å². The number of hydrogen-bond donors (Lipinski definition) is 1. The van der Waals surface area contributed by atoms with Crippen molar-refractivity contribution in [2.75, 3.05) is 5.32 Å². The molecule has 0 atom stereocenters. The molecule has 4 aromatic rings. The van der Waals surface area contributed by atoms with E-state index in [0.717, 1.165) is 23.1 Å². The van der Waals surface area contributed by atoms with Gasteiger partial charge in [0.15, 0.2) is 5.82 Å². The van der Waals surface area contributed by atoms with Crippen LogP contribution in [0.25, 0.3) is 16.6 Å². The van der Waals surface area contributed by atoms with E-state index in [1.54, 1.807) is 10.7 Å². The fourth-order valence-electron chi connectivity index (χ4n) is 3.55. The summed E-state index contributed by atoms with van der Waals surface area (Å²) >= 11 is 0. The molecule has 142 valence electrons. The smallest absolute Gasteiger partial charge is 0.256 e. The van der Waals surface area contributed by atoms with Crippen molar-refractivity contribution in [2.24, 2.45) is 0 Å². The van der Waals surface area contributed by atoms with Gasteiger partial charge in [0.25, 0.3) is 5.91 Å². The summed E-state index contributed by atoms with van der Waals surface area (Å²) in [6.45, 7) is 7.39. The molecule has 5 nitrogen and oxygen atoms in total. The van der Waals surface area contributed by atoms with Gasteiger partial charge in [-0.2, -0.15) is 5.10 Å². The van der Waals surface area contributed by atoms with Crippen molar-refractivity contribution in [3.63, 3.8) is 0 Å². The average molecular weight is 372 g/mol. The maximum atomic E-state index is 12.8. The molecule has 5 heteroatoms. The van der Waals surface area contributed by atoms with E-state index in [1.807, 2.05) is 54.7 Å². The monoisotopic (exact) mass is 372 g/mol. The average Bonchev–Trinajstić information content (AvgIpc) is 3.32. The van der Waals surface area contributed by atoms with Crippen LogP contribution in [0.2, 0.25) is 0 Å². The predicted octanol–water partition coefficient (Wildman–Crippen LogP) is 5.22. The predicted molar refractivity (Wildman–Crippen MR) is 113 cm³/mol. The fraction of sp³-hybridized carbons (Fsp3) is 0.217. The lowest BCUT2D eigenvalue weighted by Gasteiger charge is -2.11. The number of amides is 1.